The maximum absolute atomic E-state index is 12.4. The highest BCUT2D eigenvalue weighted by Gasteiger charge is 2.20. The molecule has 0 amide bonds. The molecule has 0 spiro atoms. The predicted octanol–water partition coefficient (Wildman–Crippen LogP) is 2.74. The average molecular weight is 536 g/mol. The van der Waals surface area contributed by atoms with Crippen molar-refractivity contribution in [3.63, 3.8) is 0 Å². The Hall–Kier alpha value is -1.17. The van der Waals surface area contributed by atoms with Gasteiger partial charge in [0.2, 0.25) is 10.0 Å². The van der Waals surface area contributed by atoms with Crippen LogP contribution in [0.15, 0.2) is 46.8 Å². The molecule has 1 unspecified atom stereocenters. The summed E-state index contributed by atoms with van der Waals surface area (Å²) in [7, 11) is 0.228. The Morgan fingerprint density at radius 1 is 1.38 bits per heavy atom. The largest absolute Gasteiger partial charge is 0.377 e. The van der Waals surface area contributed by atoms with Crippen molar-refractivity contribution in [2.45, 2.75) is 43.2 Å². The van der Waals surface area contributed by atoms with Gasteiger partial charge in [0, 0.05) is 40.3 Å². The molecule has 29 heavy (non-hydrogen) atoms. The van der Waals surface area contributed by atoms with Gasteiger partial charge in [0.15, 0.2) is 5.96 Å². The number of hydrogen-bond donors (Lipinski definition) is 2. The van der Waals surface area contributed by atoms with Crippen LogP contribution in [-0.4, -0.2) is 59.2 Å². The Bertz CT molecular complexity index is 747. The highest BCUT2D eigenvalue weighted by molar-refractivity contribution is 14.0. The monoisotopic (exact) mass is 536 g/mol. The Labute approximate surface area is 192 Å². The third-order valence-electron chi connectivity index (χ3n) is 4.68. The van der Waals surface area contributed by atoms with Crippen LogP contribution in [0.4, 0.5) is 0 Å². The maximum Gasteiger partial charge on any atom is 0.240 e. The minimum Gasteiger partial charge on any atom is -0.377 e. The topological polar surface area (TPSA) is 83.0 Å². The quantitative estimate of drug-likeness (QED) is 0.158. The highest BCUT2D eigenvalue weighted by Crippen LogP contribution is 2.14. The summed E-state index contributed by atoms with van der Waals surface area (Å²) in [5.74, 6) is 0.805. The number of nitrogens with zero attached hydrogens (tertiary/aromatic N) is 2. The Morgan fingerprint density at radius 3 is 2.69 bits per heavy atom. The molecule has 2 rings (SSSR count). The standard InChI is InChI=1S/C20H32N4O3S.HI/c1-4-5-6-13-24(3)20(21-2)22-15-17-9-11-19(12-10-17)28(25,26)23-16-18-8-7-14-27-18;/h4,9-12,18,23H,1,5-8,13-16H2,2-3H3,(H,21,22);1H. The van der Waals surface area contributed by atoms with Crippen molar-refractivity contribution in [3.8, 4) is 0 Å². The molecule has 1 aromatic carbocycles. The SMILES string of the molecule is C=CCCCN(C)C(=NC)NCc1ccc(S(=O)(=O)NCC2CCCO2)cc1.I. The van der Waals surface area contributed by atoms with E-state index in [9.17, 15) is 8.42 Å². The molecule has 1 atom stereocenters. The molecule has 0 bridgehead atoms. The molecule has 164 valence electrons. The van der Waals surface area contributed by atoms with Crippen LogP contribution in [0.1, 0.15) is 31.2 Å². The first-order chi connectivity index (χ1) is 13.5. The van der Waals surface area contributed by atoms with Gasteiger partial charge in [-0.3, -0.25) is 4.99 Å². The molecular formula is C20H33IN4O3S. The normalized spacial score (nSPS) is 16.9. The van der Waals surface area contributed by atoms with Gasteiger partial charge in [-0.2, -0.15) is 0 Å². The van der Waals surface area contributed by atoms with Crippen molar-refractivity contribution < 1.29 is 13.2 Å². The van der Waals surface area contributed by atoms with Gasteiger partial charge in [0.05, 0.1) is 11.0 Å². The zero-order valence-electron chi connectivity index (χ0n) is 17.3. The number of halogens is 1. The first kappa shape index (κ1) is 25.9. The number of benzene rings is 1. The van der Waals surface area contributed by atoms with Crippen LogP contribution in [-0.2, 0) is 21.3 Å². The molecule has 2 N–H and O–H groups in total. The molecule has 0 aliphatic carbocycles. The van der Waals surface area contributed by atoms with E-state index >= 15 is 0 Å². The molecule has 0 aromatic heterocycles. The molecule has 1 saturated heterocycles. The fourth-order valence-electron chi connectivity index (χ4n) is 3.02. The Balaban J connectivity index is 0.00000420. The summed E-state index contributed by atoms with van der Waals surface area (Å²) in [6, 6.07) is 6.90. The summed E-state index contributed by atoms with van der Waals surface area (Å²) in [4.78, 5) is 6.62. The van der Waals surface area contributed by atoms with Crippen molar-refractivity contribution >= 4 is 40.0 Å². The van der Waals surface area contributed by atoms with Gasteiger partial charge in [-0.15, -0.1) is 30.6 Å². The molecule has 1 aliphatic heterocycles. The number of unbranched alkanes of at least 4 members (excludes halogenated alkanes) is 1. The van der Waals surface area contributed by atoms with E-state index in [2.05, 4.69) is 26.5 Å². The number of rotatable bonds is 10. The Morgan fingerprint density at radius 2 is 2.10 bits per heavy atom. The summed E-state index contributed by atoms with van der Waals surface area (Å²) in [5.41, 5.74) is 0.985. The van der Waals surface area contributed by atoms with Crippen molar-refractivity contribution in [1.29, 1.82) is 0 Å². The zero-order valence-corrected chi connectivity index (χ0v) is 20.4. The van der Waals surface area contributed by atoms with Crippen molar-refractivity contribution in [2.75, 3.05) is 33.8 Å². The molecule has 7 nitrogen and oxygen atoms in total. The lowest BCUT2D eigenvalue weighted by Gasteiger charge is -2.22. The lowest BCUT2D eigenvalue weighted by atomic mass is 10.2. The second-order valence-electron chi connectivity index (χ2n) is 6.88. The maximum atomic E-state index is 12.4. The predicted molar refractivity (Wildman–Crippen MR) is 128 cm³/mol. The smallest absolute Gasteiger partial charge is 0.240 e. The van der Waals surface area contributed by atoms with E-state index in [1.165, 1.54) is 0 Å². The number of ether oxygens (including phenoxy) is 1. The van der Waals surface area contributed by atoms with Gasteiger partial charge in [-0.05, 0) is 43.4 Å². The summed E-state index contributed by atoms with van der Waals surface area (Å²) >= 11 is 0. The number of hydrogen-bond acceptors (Lipinski definition) is 4. The van der Waals surface area contributed by atoms with Crippen molar-refractivity contribution in [1.82, 2.24) is 14.9 Å². The summed E-state index contributed by atoms with van der Waals surface area (Å²) in [5, 5.41) is 3.30. The number of guanidine groups is 1. The van der Waals surface area contributed by atoms with E-state index in [4.69, 9.17) is 4.74 Å². The second-order valence-corrected chi connectivity index (χ2v) is 8.65. The molecule has 0 saturated carbocycles. The number of sulfonamides is 1. The summed E-state index contributed by atoms with van der Waals surface area (Å²) in [6.45, 7) is 6.22. The van der Waals surface area contributed by atoms with Crippen LogP contribution >= 0.6 is 24.0 Å². The lowest BCUT2D eigenvalue weighted by molar-refractivity contribution is 0.114. The molecule has 1 fully saturated rings. The minimum absolute atomic E-state index is 0. The van der Waals surface area contributed by atoms with E-state index < -0.39 is 10.0 Å². The number of aliphatic imine (C=N–C) groups is 1. The van der Waals surface area contributed by atoms with Gasteiger partial charge in [0.25, 0.3) is 0 Å². The van der Waals surface area contributed by atoms with Gasteiger partial charge in [0.1, 0.15) is 0 Å². The van der Waals surface area contributed by atoms with Gasteiger partial charge in [-0.25, -0.2) is 13.1 Å². The first-order valence-electron chi connectivity index (χ1n) is 9.69. The average Bonchev–Trinajstić information content (AvgIpc) is 3.21. The van der Waals surface area contributed by atoms with Crippen LogP contribution in [0.2, 0.25) is 0 Å². The summed E-state index contributed by atoms with van der Waals surface area (Å²) < 4.78 is 32.9. The molecular weight excluding hydrogens is 503 g/mol. The van der Waals surface area contributed by atoms with Gasteiger partial charge < -0.3 is 15.0 Å². The summed E-state index contributed by atoms with van der Waals surface area (Å²) in [6.07, 6.45) is 5.77. The van der Waals surface area contributed by atoms with Crippen molar-refractivity contribution in [2.24, 2.45) is 4.99 Å². The molecule has 1 aliphatic rings. The molecule has 0 radical (unpaired) electrons. The van der Waals surface area contributed by atoms with Gasteiger partial charge in [-0.1, -0.05) is 18.2 Å². The van der Waals surface area contributed by atoms with Crippen LogP contribution < -0.4 is 10.0 Å². The van der Waals surface area contributed by atoms with E-state index in [0.717, 1.165) is 43.8 Å². The van der Waals surface area contributed by atoms with Gasteiger partial charge >= 0.3 is 0 Å². The van der Waals surface area contributed by atoms with E-state index in [-0.39, 0.29) is 35.0 Å². The fourth-order valence-corrected chi connectivity index (χ4v) is 4.09. The van der Waals surface area contributed by atoms with Crippen LogP contribution in [0, 0.1) is 0 Å². The lowest BCUT2D eigenvalue weighted by Crippen LogP contribution is -2.39. The zero-order chi connectivity index (χ0) is 20.4. The third kappa shape index (κ3) is 8.61. The van der Waals surface area contributed by atoms with Crippen LogP contribution in [0.3, 0.4) is 0 Å². The van der Waals surface area contributed by atoms with E-state index in [1.54, 1.807) is 19.2 Å². The Kier molecular flexibility index (Phi) is 11.8. The number of nitrogens with one attached hydrogen (secondary N) is 2. The van der Waals surface area contributed by atoms with E-state index in [1.807, 2.05) is 25.3 Å². The number of allylic oxidation sites excluding steroid dienone is 1. The third-order valence-corrected chi connectivity index (χ3v) is 6.12. The van der Waals surface area contributed by atoms with Crippen molar-refractivity contribution in [3.05, 3.63) is 42.5 Å². The first-order valence-corrected chi connectivity index (χ1v) is 11.2. The highest BCUT2D eigenvalue weighted by atomic mass is 127. The molecule has 9 heteroatoms. The molecule has 1 aromatic rings. The van der Waals surface area contributed by atoms with Crippen LogP contribution in [0.5, 0.6) is 0 Å². The second kappa shape index (κ2) is 13.2. The van der Waals surface area contributed by atoms with Crippen LogP contribution in [0.25, 0.3) is 0 Å². The van der Waals surface area contributed by atoms with E-state index in [0.29, 0.717) is 19.7 Å². The fraction of sp³-hybridized carbons (Fsp3) is 0.550. The molecule has 1 heterocycles. The minimum atomic E-state index is -3.52.